The third-order valence-corrected chi connectivity index (χ3v) is 4.95. The predicted molar refractivity (Wildman–Crippen MR) is 69.0 cm³/mol. The number of sulfonamides is 1. The van der Waals surface area contributed by atoms with E-state index in [-0.39, 0.29) is 17.4 Å². The molecule has 1 amide bonds. The van der Waals surface area contributed by atoms with Gasteiger partial charge in [-0.15, -0.1) is 0 Å². The van der Waals surface area contributed by atoms with Crippen LogP contribution in [0, 0.1) is 0 Å². The second-order valence-corrected chi connectivity index (χ2v) is 6.44. The molecule has 1 saturated heterocycles. The highest BCUT2D eigenvalue weighted by atomic mass is 32.2. The Bertz CT molecular complexity index is 538. The van der Waals surface area contributed by atoms with E-state index in [9.17, 15) is 13.2 Å². The molecule has 8 heteroatoms. The lowest BCUT2D eigenvalue weighted by molar-refractivity contribution is 0.0691. The number of hydrogen-bond acceptors (Lipinski definition) is 5. The third-order valence-electron chi connectivity index (χ3n) is 3.07. The van der Waals surface area contributed by atoms with E-state index in [0.29, 0.717) is 26.2 Å². The van der Waals surface area contributed by atoms with Crippen molar-refractivity contribution in [3.05, 3.63) is 24.3 Å². The van der Waals surface area contributed by atoms with Gasteiger partial charge in [-0.1, -0.05) is 0 Å². The van der Waals surface area contributed by atoms with Gasteiger partial charge in [-0.3, -0.25) is 9.78 Å². The monoisotopic (exact) mass is 284 g/mol. The summed E-state index contributed by atoms with van der Waals surface area (Å²) in [5.74, 6) is -0.118. The van der Waals surface area contributed by atoms with Crippen molar-refractivity contribution in [2.24, 2.45) is 0 Å². The van der Waals surface area contributed by atoms with E-state index < -0.39 is 10.0 Å². The Hall–Kier alpha value is -1.54. The summed E-state index contributed by atoms with van der Waals surface area (Å²) in [7, 11) is -3.17. The Kier molecular flexibility index (Phi) is 4.11. The van der Waals surface area contributed by atoms with Crippen molar-refractivity contribution in [1.82, 2.24) is 19.2 Å². The summed E-state index contributed by atoms with van der Waals surface area (Å²) >= 11 is 0. The van der Waals surface area contributed by atoms with Crippen LogP contribution in [0.5, 0.6) is 0 Å². The highest BCUT2D eigenvalue weighted by Crippen LogP contribution is 2.10. The highest BCUT2D eigenvalue weighted by Gasteiger charge is 2.28. The highest BCUT2D eigenvalue weighted by molar-refractivity contribution is 7.89. The van der Waals surface area contributed by atoms with Crippen molar-refractivity contribution in [1.29, 1.82) is 0 Å². The van der Waals surface area contributed by atoms with Crippen LogP contribution in [-0.4, -0.2) is 65.4 Å². The molecule has 1 fully saturated rings. The molecule has 2 heterocycles. The fraction of sp³-hybridized carbons (Fsp3) is 0.545. The van der Waals surface area contributed by atoms with Crippen LogP contribution in [0.15, 0.2) is 18.6 Å². The van der Waals surface area contributed by atoms with E-state index in [1.54, 1.807) is 11.8 Å². The lowest BCUT2D eigenvalue weighted by Crippen LogP contribution is -2.51. The smallest absolute Gasteiger partial charge is 0.274 e. The van der Waals surface area contributed by atoms with E-state index in [1.807, 2.05) is 0 Å². The van der Waals surface area contributed by atoms with Gasteiger partial charge in [0.15, 0.2) is 0 Å². The zero-order valence-electron chi connectivity index (χ0n) is 10.7. The molecule has 1 aliphatic heterocycles. The second-order valence-electron chi connectivity index (χ2n) is 4.18. The van der Waals surface area contributed by atoms with Crippen LogP contribution in [0.3, 0.4) is 0 Å². The SMILES string of the molecule is CCS(=O)(=O)N1CCN(C(=O)c2cnccn2)CC1. The van der Waals surface area contributed by atoms with Gasteiger partial charge in [0.25, 0.3) is 5.91 Å². The van der Waals surface area contributed by atoms with Gasteiger partial charge in [0.1, 0.15) is 5.69 Å². The standard InChI is InChI=1S/C11H16N4O3S/c1-2-19(17,18)15-7-5-14(6-8-15)11(16)10-9-12-3-4-13-10/h3-4,9H,2,5-8H2,1H3. The van der Waals surface area contributed by atoms with Gasteiger partial charge in [-0.2, -0.15) is 4.31 Å². The largest absolute Gasteiger partial charge is 0.335 e. The first-order valence-electron chi connectivity index (χ1n) is 6.07. The molecule has 2 rings (SSSR count). The minimum atomic E-state index is -3.17. The molecule has 0 atom stereocenters. The molecule has 0 spiro atoms. The molecule has 0 aliphatic carbocycles. The number of rotatable bonds is 3. The Morgan fingerprint density at radius 1 is 1.26 bits per heavy atom. The molecule has 1 aromatic heterocycles. The van der Waals surface area contributed by atoms with Crippen LogP contribution < -0.4 is 0 Å². The summed E-state index contributed by atoms with van der Waals surface area (Å²) in [6.07, 6.45) is 4.38. The van der Waals surface area contributed by atoms with Crippen molar-refractivity contribution in [3.8, 4) is 0 Å². The number of nitrogens with zero attached hydrogens (tertiary/aromatic N) is 4. The van der Waals surface area contributed by atoms with Crippen LogP contribution in [0.1, 0.15) is 17.4 Å². The first kappa shape index (κ1) is 13.9. The lowest BCUT2D eigenvalue weighted by atomic mass is 10.3. The maximum Gasteiger partial charge on any atom is 0.274 e. The van der Waals surface area contributed by atoms with E-state index >= 15 is 0 Å². The van der Waals surface area contributed by atoms with Crippen LogP contribution in [0.2, 0.25) is 0 Å². The van der Waals surface area contributed by atoms with E-state index in [0.717, 1.165) is 0 Å². The maximum atomic E-state index is 12.1. The molecule has 1 aromatic rings. The normalized spacial score (nSPS) is 17.4. The minimum absolute atomic E-state index is 0.0884. The zero-order valence-corrected chi connectivity index (χ0v) is 11.5. The summed E-state index contributed by atoms with van der Waals surface area (Å²) in [4.78, 5) is 21.5. The molecule has 7 nitrogen and oxygen atoms in total. The molecule has 0 bridgehead atoms. The zero-order chi connectivity index (χ0) is 13.9. The number of aromatic nitrogens is 2. The quantitative estimate of drug-likeness (QED) is 0.753. The van der Waals surface area contributed by atoms with Crippen LogP contribution in [0.25, 0.3) is 0 Å². The van der Waals surface area contributed by atoms with Gasteiger partial charge in [-0.25, -0.2) is 13.4 Å². The lowest BCUT2D eigenvalue weighted by Gasteiger charge is -2.33. The van der Waals surface area contributed by atoms with Gasteiger partial charge < -0.3 is 4.90 Å². The number of piperazine rings is 1. The molecule has 0 saturated carbocycles. The minimum Gasteiger partial charge on any atom is -0.335 e. The molecule has 0 N–H and O–H groups in total. The molecular weight excluding hydrogens is 268 g/mol. The molecule has 19 heavy (non-hydrogen) atoms. The van der Waals surface area contributed by atoms with Crippen molar-refractivity contribution in [2.75, 3.05) is 31.9 Å². The molecule has 0 aromatic carbocycles. The van der Waals surface area contributed by atoms with E-state index in [2.05, 4.69) is 9.97 Å². The van der Waals surface area contributed by atoms with Crippen LogP contribution >= 0.6 is 0 Å². The summed E-state index contributed by atoms with van der Waals surface area (Å²) in [5.41, 5.74) is 0.286. The van der Waals surface area contributed by atoms with Gasteiger partial charge >= 0.3 is 0 Å². The fourth-order valence-corrected chi connectivity index (χ4v) is 3.01. The summed E-state index contributed by atoms with van der Waals surface area (Å²) in [6, 6.07) is 0. The average Bonchev–Trinajstić information content (AvgIpc) is 2.47. The Balaban J connectivity index is 1.99. The molecule has 104 valence electrons. The summed E-state index contributed by atoms with van der Waals surface area (Å²) in [6.45, 7) is 3.06. The van der Waals surface area contributed by atoms with E-state index in [1.165, 1.54) is 22.9 Å². The van der Waals surface area contributed by atoms with Crippen LogP contribution in [0.4, 0.5) is 0 Å². The molecule has 0 radical (unpaired) electrons. The first-order valence-corrected chi connectivity index (χ1v) is 7.68. The Morgan fingerprint density at radius 2 is 1.95 bits per heavy atom. The molecular formula is C11H16N4O3S. The van der Waals surface area contributed by atoms with Gasteiger partial charge in [0, 0.05) is 38.6 Å². The van der Waals surface area contributed by atoms with Gasteiger partial charge in [-0.05, 0) is 6.92 Å². The van der Waals surface area contributed by atoms with Crippen molar-refractivity contribution >= 4 is 15.9 Å². The number of hydrogen-bond donors (Lipinski definition) is 0. The Labute approximate surface area is 112 Å². The first-order chi connectivity index (χ1) is 9.04. The van der Waals surface area contributed by atoms with Crippen molar-refractivity contribution < 1.29 is 13.2 Å². The number of carbonyl (C=O) groups excluding carboxylic acids is 1. The summed E-state index contributed by atoms with van der Waals surface area (Å²) < 4.78 is 24.8. The molecule has 0 unspecified atom stereocenters. The Morgan fingerprint density at radius 3 is 2.47 bits per heavy atom. The predicted octanol–water partition coefficient (Wildman–Crippen LogP) is -0.416. The number of carbonyl (C=O) groups is 1. The van der Waals surface area contributed by atoms with Crippen molar-refractivity contribution in [2.45, 2.75) is 6.92 Å². The van der Waals surface area contributed by atoms with Crippen molar-refractivity contribution in [3.63, 3.8) is 0 Å². The van der Waals surface area contributed by atoms with Gasteiger partial charge in [0.2, 0.25) is 10.0 Å². The third kappa shape index (κ3) is 3.07. The molecule has 1 aliphatic rings. The second kappa shape index (κ2) is 5.62. The topological polar surface area (TPSA) is 83.5 Å². The summed E-state index contributed by atoms with van der Waals surface area (Å²) in [5, 5.41) is 0. The van der Waals surface area contributed by atoms with Gasteiger partial charge in [0.05, 0.1) is 11.9 Å². The average molecular weight is 284 g/mol. The van der Waals surface area contributed by atoms with Crippen LogP contribution in [-0.2, 0) is 10.0 Å². The fourth-order valence-electron chi connectivity index (χ4n) is 1.92. The number of amides is 1. The maximum absolute atomic E-state index is 12.1. The van der Waals surface area contributed by atoms with E-state index in [4.69, 9.17) is 0 Å².